The number of amides is 2. The third kappa shape index (κ3) is 10.1. The Bertz CT molecular complexity index is 2120. The minimum Gasteiger partial charge on any atom is -0.444 e. The van der Waals surface area contributed by atoms with Crippen LogP contribution in [-0.4, -0.2) is 102 Å². The monoisotopic (exact) mass is 830 g/mol. The second kappa shape index (κ2) is 17.1. The van der Waals surface area contributed by atoms with Gasteiger partial charge in [-0.05, 0) is 138 Å². The zero-order valence-electron chi connectivity index (χ0n) is 35.9. The highest BCUT2D eigenvalue weighted by Gasteiger charge is 2.36. The van der Waals surface area contributed by atoms with Gasteiger partial charge in [0.2, 0.25) is 0 Å². The molecule has 2 saturated carbocycles. The van der Waals surface area contributed by atoms with Crippen LogP contribution < -0.4 is 10.2 Å². The lowest BCUT2D eigenvalue weighted by Gasteiger charge is -2.36. The van der Waals surface area contributed by atoms with E-state index in [0.29, 0.717) is 30.1 Å². The molecule has 320 valence electrons. The van der Waals surface area contributed by atoms with E-state index in [4.69, 9.17) is 36.1 Å². The van der Waals surface area contributed by atoms with E-state index in [1.807, 2.05) is 63.1 Å². The maximum atomic E-state index is 12.8. The van der Waals surface area contributed by atoms with Crippen molar-refractivity contribution in [2.45, 2.75) is 154 Å². The molecule has 6 aliphatic rings. The van der Waals surface area contributed by atoms with Gasteiger partial charge in [0, 0.05) is 67.6 Å². The average molecular weight is 832 g/mol. The van der Waals surface area contributed by atoms with Gasteiger partial charge in [0.15, 0.2) is 11.3 Å². The van der Waals surface area contributed by atoms with Crippen LogP contribution in [0.4, 0.5) is 15.4 Å². The van der Waals surface area contributed by atoms with E-state index in [0.717, 1.165) is 85.8 Å². The highest BCUT2D eigenvalue weighted by atomic mass is 35.5. The van der Waals surface area contributed by atoms with Gasteiger partial charge in [0.1, 0.15) is 22.2 Å². The summed E-state index contributed by atoms with van der Waals surface area (Å²) in [4.78, 5) is 41.2. The molecular weight excluding hydrogens is 768 g/mol. The van der Waals surface area contributed by atoms with E-state index in [2.05, 4.69) is 27.4 Å². The fraction of sp³-hybridized carbons (Fsp3) is 0.682. The lowest BCUT2D eigenvalue weighted by Crippen LogP contribution is -2.42. The number of carbonyl (C=O) groups excluding carboxylic acids is 2. The Morgan fingerprint density at radius 3 is 1.49 bits per heavy atom. The molecule has 59 heavy (non-hydrogen) atoms. The summed E-state index contributed by atoms with van der Waals surface area (Å²) in [6.07, 6.45) is 12.8. The standard InChI is InChI=1S/C22H31N5O2.C19H25ClN4O2.C3H7N/c1-22(2,3)29-21(28)26-12-5-4-7-18(26)17-13-19-23-16(15-8-9-15)14-20(27(19)24-17)25-10-6-11-25;1-19(2,3)26-18(25)23-9-5-4-6-15(23)14-11-17-21-13(12-7-8-12)10-16(20)24(17)22-14;1-2-4-3-1/h13-15,18H,4-12H2,1-3H3;10-12,15H,4-9H2,1-3H3;4H,1-3H2/t18-;15-;/m00./s1. The van der Waals surface area contributed by atoms with Crippen LogP contribution in [0.2, 0.25) is 5.15 Å². The van der Waals surface area contributed by atoms with Crippen molar-refractivity contribution in [3.63, 3.8) is 0 Å². The molecule has 6 fully saturated rings. The number of likely N-dealkylation sites (tertiary alicyclic amines) is 2. The lowest BCUT2D eigenvalue weighted by molar-refractivity contribution is 0.00800. The van der Waals surface area contributed by atoms with Gasteiger partial charge in [-0.3, -0.25) is 9.80 Å². The zero-order valence-corrected chi connectivity index (χ0v) is 36.6. The number of anilines is 1. The Labute approximate surface area is 353 Å². The molecule has 8 heterocycles. The van der Waals surface area contributed by atoms with Crippen molar-refractivity contribution in [3.05, 3.63) is 52.2 Å². The predicted molar refractivity (Wildman–Crippen MR) is 228 cm³/mol. The van der Waals surface area contributed by atoms with E-state index in [9.17, 15) is 9.59 Å². The first kappa shape index (κ1) is 41.6. The quantitative estimate of drug-likeness (QED) is 0.194. The number of rotatable bonds is 5. The molecule has 0 unspecified atom stereocenters. The topological polar surface area (TPSA) is 135 Å². The van der Waals surface area contributed by atoms with Crippen LogP contribution in [0.1, 0.15) is 165 Å². The van der Waals surface area contributed by atoms with Crippen LogP contribution in [0.15, 0.2) is 24.3 Å². The van der Waals surface area contributed by atoms with Gasteiger partial charge < -0.3 is 19.7 Å². The molecule has 2 atom stereocenters. The summed E-state index contributed by atoms with van der Waals surface area (Å²) in [5.74, 6) is 2.28. The molecule has 0 bridgehead atoms. The first-order valence-corrected chi connectivity index (χ1v) is 22.5. The summed E-state index contributed by atoms with van der Waals surface area (Å²) in [6.45, 7) is 17.5. The van der Waals surface area contributed by atoms with Crippen LogP contribution in [-0.2, 0) is 9.47 Å². The summed E-state index contributed by atoms with van der Waals surface area (Å²) < 4.78 is 14.9. The van der Waals surface area contributed by atoms with Crippen LogP contribution >= 0.6 is 11.6 Å². The van der Waals surface area contributed by atoms with Crippen molar-refractivity contribution in [3.8, 4) is 0 Å². The number of aromatic nitrogens is 6. The Kier molecular flexibility index (Phi) is 12.0. The largest absolute Gasteiger partial charge is 0.444 e. The molecule has 14 nitrogen and oxygen atoms in total. The summed E-state index contributed by atoms with van der Waals surface area (Å²) in [6, 6.07) is 8.05. The van der Waals surface area contributed by atoms with Crippen molar-refractivity contribution in [2.75, 3.05) is 44.2 Å². The Hall–Kier alpha value is -4.17. The Morgan fingerprint density at radius 2 is 1.07 bits per heavy atom. The number of carbonyl (C=O) groups is 2. The van der Waals surface area contributed by atoms with Gasteiger partial charge in [0.05, 0.1) is 23.5 Å². The summed E-state index contributed by atoms with van der Waals surface area (Å²) in [5, 5.41) is 13.3. The van der Waals surface area contributed by atoms with Gasteiger partial charge in [-0.2, -0.15) is 14.7 Å². The van der Waals surface area contributed by atoms with Crippen molar-refractivity contribution >= 4 is 40.9 Å². The summed E-state index contributed by atoms with van der Waals surface area (Å²) in [5.41, 5.74) is 4.65. The molecule has 4 saturated heterocycles. The van der Waals surface area contributed by atoms with Crippen LogP contribution in [0.25, 0.3) is 11.3 Å². The number of hydrogen-bond acceptors (Lipinski definition) is 10. The minimum atomic E-state index is -0.512. The molecule has 15 heteroatoms. The molecule has 4 aromatic rings. The van der Waals surface area contributed by atoms with Crippen molar-refractivity contribution in [2.24, 2.45) is 0 Å². The highest BCUT2D eigenvalue weighted by molar-refractivity contribution is 6.29. The smallest absolute Gasteiger partial charge is 0.410 e. The summed E-state index contributed by atoms with van der Waals surface area (Å²) >= 11 is 6.43. The maximum Gasteiger partial charge on any atom is 0.410 e. The van der Waals surface area contributed by atoms with E-state index >= 15 is 0 Å². The van der Waals surface area contributed by atoms with E-state index in [1.54, 1.807) is 9.42 Å². The predicted octanol–water partition coefficient (Wildman–Crippen LogP) is 8.98. The molecule has 4 aromatic heterocycles. The van der Waals surface area contributed by atoms with Gasteiger partial charge >= 0.3 is 12.2 Å². The number of nitrogens with zero attached hydrogens (tertiary/aromatic N) is 9. The van der Waals surface area contributed by atoms with Gasteiger partial charge in [-0.15, -0.1) is 0 Å². The number of nitrogens with one attached hydrogen (secondary N) is 1. The molecule has 2 amide bonds. The van der Waals surface area contributed by atoms with Crippen molar-refractivity contribution in [1.29, 1.82) is 0 Å². The third-order valence-electron chi connectivity index (χ3n) is 11.7. The van der Waals surface area contributed by atoms with E-state index < -0.39 is 11.2 Å². The zero-order chi connectivity index (χ0) is 41.5. The summed E-state index contributed by atoms with van der Waals surface area (Å²) in [7, 11) is 0. The third-order valence-corrected chi connectivity index (χ3v) is 12.0. The van der Waals surface area contributed by atoms with E-state index in [1.165, 1.54) is 57.3 Å². The number of fused-ring (bicyclic) bond motifs is 2. The van der Waals surface area contributed by atoms with Crippen LogP contribution in [0.5, 0.6) is 0 Å². The number of halogens is 1. The van der Waals surface area contributed by atoms with Gasteiger partial charge in [0.25, 0.3) is 0 Å². The molecule has 10 rings (SSSR count). The molecule has 1 N–H and O–H groups in total. The maximum absolute atomic E-state index is 12.8. The minimum absolute atomic E-state index is 0.0473. The van der Waals surface area contributed by atoms with Crippen LogP contribution in [0, 0.1) is 0 Å². The van der Waals surface area contributed by atoms with Gasteiger partial charge in [-0.25, -0.2) is 24.1 Å². The number of hydrogen-bond donors (Lipinski definition) is 1. The SMILES string of the molecule is C1CNC1.CC(C)(C)OC(=O)N1CCCC[C@H]1c1cc2nc(C3CC3)cc(Cl)n2n1.CC(C)(C)OC(=O)N1CCCC[C@H]1c1cc2nc(C3CC3)cc(N3CCC3)n2n1. The first-order chi connectivity index (χ1) is 28.2. The Morgan fingerprint density at radius 1 is 0.610 bits per heavy atom. The molecule has 0 aromatic carbocycles. The molecule has 0 spiro atoms. The normalized spacial score (nSPS) is 22.1. The highest BCUT2D eigenvalue weighted by Crippen LogP contribution is 2.42. The fourth-order valence-corrected chi connectivity index (χ4v) is 8.21. The Balaban J connectivity index is 0.000000150. The second-order valence-corrected chi connectivity index (χ2v) is 19.5. The number of ether oxygens (including phenoxy) is 2. The van der Waals surface area contributed by atoms with Gasteiger partial charge in [-0.1, -0.05) is 11.6 Å². The molecule has 2 aliphatic carbocycles. The van der Waals surface area contributed by atoms with Crippen molar-refractivity contribution in [1.82, 2.24) is 44.3 Å². The van der Waals surface area contributed by atoms with Crippen molar-refractivity contribution < 1.29 is 19.1 Å². The molecule has 4 aliphatic heterocycles. The molecule has 0 radical (unpaired) electrons. The number of piperidine rings is 2. The first-order valence-electron chi connectivity index (χ1n) is 22.1. The molecular formula is C44H63ClN10O4. The van der Waals surface area contributed by atoms with Crippen LogP contribution in [0.3, 0.4) is 0 Å². The van der Waals surface area contributed by atoms with E-state index in [-0.39, 0.29) is 24.3 Å². The second-order valence-electron chi connectivity index (χ2n) is 19.1. The lowest BCUT2D eigenvalue weighted by atomic mass is 10.00. The average Bonchev–Trinajstić information content (AvgIpc) is 4.07. The fourth-order valence-electron chi connectivity index (χ4n) is 7.97.